The number of carbonyl (C=O) groups excluding carboxylic acids is 2. The SMILES string of the molecule is NC(=O)NC(=O)CCN1CCCc2cccc(F)c21. The Morgan fingerprint density at radius 2 is 2.21 bits per heavy atom. The van der Waals surface area contributed by atoms with Crippen LogP contribution in [0.1, 0.15) is 18.4 Å². The molecule has 0 aromatic heterocycles. The summed E-state index contributed by atoms with van der Waals surface area (Å²) in [4.78, 5) is 23.7. The number of nitrogens with two attached hydrogens (primary N) is 1. The molecular formula is C13H16FN3O2. The molecule has 0 saturated heterocycles. The van der Waals surface area contributed by atoms with Crippen molar-refractivity contribution in [3.63, 3.8) is 0 Å². The molecule has 0 radical (unpaired) electrons. The third-order valence-corrected chi connectivity index (χ3v) is 3.13. The Labute approximate surface area is 110 Å². The molecule has 1 aliphatic heterocycles. The Morgan fingerprint density at radius 1 is 1.42 bits per heavy atom. The first-order chi connectivity index (χ1) is 9.08. The highest BCUT2D eigenvalue weighted by atomic mass is 19.1. The fourth-order valence-electron chi connectivity index (χ4n) is 2.35. The van der Waals surface area contributed by atoms with Gasteiger partial charge in [-0.15, -0.1) is 0 Å². The molecule has 102 valence electrons. The summed E-state index contributed by atoms with van der Waals surface area (Å²) in [6, 6.07) is 4.14. The first kappa shape index (κ1) is 13.3. The van der Waals surface area contributed by atoms with Crippen molar-refractivity contribution in [1.29, 1.82) is 0 Å². The molecule has 2 rings (SSSR count). The number of benzene rings is 1. The van der Waals surface area contributed by atoms with Crippen LogP contribution in [0.15, 0.2) is 18.2 Å². The molecule has 5 nitrogen and oxygen atoms in total. The highest BCUT2D eigenvalue weighted by Crippen LogP contribution is 2.29. The molecule has 19 heavy (non-hydrogen) atoms. The zero-order valence-electron chi connectivity index (χ0n) is 10.5. The molecular weight excluding hydrogens is 249 g/mol. The Morgan fingerprint density at radius 3 is 2.95 bits per heavy atom. The van der Waals surface area contributed by atoms with Crippen molar-refractivity contribution in [3.8, 4) is 0 Å². The summed E-state index contributed by atoms with van der Waals surface area (Å²) >= 11 is 0. The van der Waals surface area contributed by atoms with Crippen LogP contribution in [0.3, 0.4) is 0 Å². The van der Waals surface area contributed by atoms with Gasteiger partial charge in [-0.3, -0.25) is 10.1 Å². The average molecular weight is 265 g/mol. The second kappa shape index (κ2) is 5.69. The fraction of sp³-hybridized carbons (Fsp3) is 0.385. The van der Waals surface area contributed by atoms with Gasteiger partial charge in [-0.25, -0.2) is 9.18 Å². The monoisotopic (exact) mass is 265 g/mol. The summed E-state index contributed by atoms with van der Waals surface area (Å²) in [6.07, 6.45) is 1.88. The number of amides is 3. The largest absolute Gasteiger partial charge is 0.368 e. The predicted octanol–water partition coefficient (Wildman–Crippen LogP) is 1.16. The minimum absolute atomic E-state index is 0.108. The zero-order chi connectivity index (χ0) is 13.8. The lowest BCUT2D eigenvalue weighted by Crippen LogP contribution is -2.38. The molecule has 1 aliphatic rings. The number of nitrogens with zero attached hydrogens (tertiary/aromatic N) is 1. The van der Waals surface area contributed by atoms with Crippen LogP contribution in [0.25, 0.3) is 0 Å². The van der Waals surface area contributed by atoms with E-state index in [9.17, 15) is 14.0 Å². The van der Waals surface area contributed by atoms with Crippen LogP contribution in [0, 0.1) is 5.82 Å². The van der Waals surface area contributed by atoms with E-state index in [1.165, 1.54) is 6.07 Å². The topological polar surface area (TPSA) is 75.4 Å². The van der Waals surface area contributed by atoms with Crippen molar-refractivity contribution < 1.29 is 14.0 Å². The quantitative estimate of drug-likeness (QED) is 0.861. The van der Waals surface area contributed by atoms with Crippen LogP contribution in [-0.4, -0.2) is 25.0 Å². The second-order valence-electron chi connectivity index (χ2n) is 4.50. The number of nitrogens with one attached hydrogen (secondary N) is 1. The van der Waals surface area contributed by atoms with Crippen molar-refractivity contribution in [3.05, 3.63) is 29.6 Å². The molecule has 0 atom stereocenters. The molecule has 0 aliphatic carbocycles. The van der Waals surface area contributed by atoms with Crippen LogP contribution in [0.5, 0.6) is 0 Å². The molecule has 0 saturated carbocycles. The van der Waals surface area contributed by atoms with Crippen LogP contribution >= 0.6 is 0 Å². The van der Waals surface area contributed by atoms with E-state index >= 15 is 0 Å². The Hall–Kier alpha value is -2.11. The number of carbonyl (C=O) groups is 2. The van der Waals surface area contributed by atoms with E-state index in [1.807, 2.05) is 16.3 Å². The van der Waals surface area contributed by atoms with E-state index in [2.05, 4.69) is 0 Å². The van der Waals surface area contributed by atoms with Gasteiger partial charge in [0.2, 0.25) is 5.91 Å². The van der Waals surface area contributed by atoms with E-state index in [0.29, 0.717) is 18.8 Å². The first-order valence-electron chi connectivity index (χ1n) is 6.19. The van der Waals surface area contributed by atoms with Crippen LogP contribution < -0.4 is 16.0 Å². The molecule has 6 heteroatoms. The number of primary amides is 1. The summed E-state index contributed by atoms with van der Waals surface area (Å²) in [7, 11) is 0. The van der Waals surface area contributed by atoms with Gasteiger partial charge in [0.1, 0.15) is 5.82 Å². The van der Waals surface area contributed by atoms with Crippen LogP contribution in [0.2, 0.25) is 0 Å². The summed E-state index contributed by atoms with van der Waals surface area (Å²) in [5.74, 6) is -0.719. The van der Waals surface area contributed by atoms with Crippen molar-refractivity contribution in [2.45, 2.75) is 19.3 Å². The highest BCUT2D eigenvalue weighted by molar-refractivity contribution is 5.93. The van der Waals surface area contributed by atoms with E-state index in [1.54, 1.807) is 6.07 Å². The maximum Gasteiger partial charge on any atom is 0.318 e. The lowest BCUT2D eigenvalue weighted by molar-refractivity contribution is -0.119. The van der Waals surface area contributed by atoms with Gasteiger partial charge in [0.15, 0.2) is 0 Å². The predicted molar refractivity (Wildman–Crippen MR) is 69.3 cm³/mol. The number of urea groups is 1. The number of imide groups is 1. The first-order valence-corrected chi connectivity index (χ1v) is 6.19. The van der Waals surface area contributed by atoms with Crippen molar-refractivity contribution in [1.82, 2.24) is 5.32 Å². The number of rotatable bonds is 3. The van der Waals surface area contributed by atoms with Gasteiger partial charge < -0.3 is 10.6 Å². The lowest BCUT2D eigenvalue weighted by atomic mass is 10.0. The van der Waals surface area contributed by atoms with Gasteiger partial charge in [-0.2, -0.15) is 0 Å². The summed E-state index contributed by atoms with van der Waals surface area (Å²) in [5, 5.41) is 2.00. The number of para-hydroxylation sites is 1. The summed E-state index contributed by atoms with van der Waals surface area (Å²) in [6.45, 7) is 1.07. The third-order valence-electron chi connectivity index (χ3n) is 3.13. The maximum absolute atomic E-state index is 13.8. The maximum atomic E-state index is 13.8. The molecule has 0 fully saturated rings. The van der Waals surface area contributed by atoms with Gasteiger partial charge in [0.05, 0.1) is 5.69 Å². The molecule has 0 unspecified atom stereocenters. The Balaban J connectivity index is 2.04. The van der Waals surface area contributed by atoms with Crippen molar-refractivity contribution >= 4 is 17.6 Å². The van der Waals surface area contributed by atoms with Crippen LogP contribution in [0.4, 0.5) is 14.9 Å². The van der Waals surface area contributed by atoms with Crippen molar-refractivity contribution in [2.24, 2.45) is 5.73 Å². The van der Waals surface area contributed by atoms with Gasteiger partial charge >= 0.3 is 6.03 Å². The molecule has 1 heterocycles. The van der Waals surface area contributed by atoms with Gasteiger partial charge in [0, 0.05) is 19.5 Å². The summed E-state index contributed by atoms with van der Waals surface area (Å²) in [5.41, 5.74) is 6.39. The molecule has 1 aromatic carbocycles. The molecule has 0 spiro atoms. The fourth-order valence-corrected chi connectivity index (χ4v) is 2.35. The number of halogens is 1. The van der Waals surface area contributed by atoms with E-state index in [4.69, 9.17) is 5.73 Å². The van der Waals surface area contributed by atoms with Crippen LogP contribution in [-0.2, 0) is 11.2 Å². The zero-order valence-corrected chi connectivity index (χ0v) is 10.5. The average Bonchev–Trinajstić information content (AvgIpc) is 2.35. The molecule has 3 N–H and O–H groups in total. The minimum Gasteiger partial charge on any atom is -0.368 e. The number of anilines is 1. The molecule has 3 amide bonds. The Kier molecular flexibility index (Phi) is 3.99. The molecule has 1 aromatic rings. The van der Waals surface area contributed by atoms with Crippen molar-refractivity contribution in [2.75, 3.05) is 18.0 Å². The minimum atomic E-state index is -0.866. The number of hydrogen-bond acceptors (Lipinski definition) is 3. The Bertz CT molecular complexity index is 505. The smallest absolute Gasteiger partial charge is 0.318 e. The van der Waals surface area contributed by atoms with E-state index in [0.717, 1.165) is 18.4 Å². The van der Waals surface area contributed by atoms with Gasteiger partial charge in [0.25, 0.3) is 0 Å². The number of fused-ring (bicyclic) bond motifs is 1. The highest BCUT2D eigenvalue weighted by Gasteiger charge is 2.20. The number of aryl methyl sites for hydroxylation is 1. The van der Waals surface area contributed by atoms with Gasteiger partial charge in [-0.05, 0) is 24.5 Å². The standard InChI is InChI=1S/C13H16FN3O2/c14-10-5-1-3-9-4-2-7-17(12(9)10)8-6-11(18)16-13(15)19/h1,3,5H,2,4,6-8H2,(H3,15,16,18,19). The van der Waals surface area contributed by atoms with E-state index < -0.39 is 11.9 Å². The second-order valence-corrected chi connectivity index (χ2v) is 4.50. The third kappa shape index (κ3) is 3.21. The van der Waals surface area contributed by atoms with E-state index in [-0.39, 0.29) is 12.2 Å². The number of hydrogen-bond donors (Lipinski definition) is 2. The normalized spacial score (nSPS) is 13.8. The van der Waals surface area contributed by atoms with Gasteiger partial charge in [-0.1, -0.05) is 12.1 Å². The molecule has 0 bridgehead atoms. The lowest BCUT2D eigenvalue weighted by Gasteiger charge is -2.31. The summed E-state index contributed by atoms with van der Waals surface area (Å²) < 4.78 is 13.8.